The van der Waals surface area contributed by atoms with Crippen LogP contribution in [0.3, 0.4) is 0 Å². The van der Waals surface area contributed by atoms with E-state index in [1.165, 1.54) is 28.0 Å². The number of carboxylic acid groups (broad SMARTS) is 1. The van der Waals surface area contributed by atoms with Crippen LogP contribution < -0.4 is 4.90 Å². The van der Waals surface area contributed by atoms with Crippen molar-refractivity contribution in [1.29, 1.82) is 0 Å². The first-order valence-corrected chi connectivity index (χ1v) is 10.7. The Kier molecular flexibility index (Phi) is 6.19. The molecule has 2 heterocycles. The van der Waals surface area contributed by atoms with Gasteiger partial charge in [-0.3, -0.25) is 19.4 Å². The van der Waals surface area contributed by atoms with E-state index in [0.29, 0.717) is 35.7 Å². The Morgan fingerprint density at radius 3 is 2.48 bits per heavy atom. The molecule has 3 aromatic rings. The minimum Gasteiger partial charge on any atom is -0.478 e. The number of nitrogens with zero attached hydrogens (tertiary/aromatic N) is 2. The Labute approximate surface area is 195 Å². The molecule has 2 amide bonds. The molecule has 8 heteroatoms. The highest BCUT2D eigenvalue weighted by atomic mass is 32.1. The van der Waals surface area contributed by atoms with Gasteiger partial charge in [-0.15, -0.1) is 0 Å². The van der Waals surface area contributed by atoms with E-state index in [1.54, 1.807) is 48.5 Å². The molecule has 33 heavy (non-hydrogen) atoms. The third kappa shape index (κ3) is 4.33. The van der Waals surface area contributed by atoms with Gasteiger partial charge >= 0.3 is 5.97 Å². The summed E-state index contributed by atoms with van der Waals surface area (Å²) in [6.45, 7) is 2.30. The van der Waals surface area contributed by atoms with Crippen LogP contribution in [0.5, 0.6) is 0 Å². The maximum atomic E-state index is 13.3. The van der Waals surface area contributed by atoms with Crippen molar-refractivity contribution in [2.75, 3.05) is 11.4 Å². The molecule has 1 saturated heterocycles. The maximum absolute atomic E-state index is 13.3. The maximum Gasteiger partial charge on any atom is 0.335 e. The predicted molar refractivity (Wildman–Crippen MR) is 128 cm³/mol. The first kappa shape index (κ1) is 22.2. The number of hydrogen-bond acceptors (Lipinski definition) is 5. The topological polar surface area (TPSA) is 91.1 Å². The predicted octanol–water partition coefficient (Wildman–Crippen LogP) is 4.60. The summed E-state index contributed by atoms with van der Waals surface area (Å²) in [6.07, 6.45) is 2.07. The molecule has 166 valence electrons. The number of benzene rings is 2. The second-order valence-corrected chi connectivity index (χ2v) is 7.73. The van der Waals surface area contributed by atoms with Crippen LogP contribution in [-0.4, -0.2) is 39.4 Å². The van der Waals surface area contributed by atoms with Crippen LogP contribution in [0, 0.1) is 0 Å². The van der Waals surface area contributed by atoms with E-state index in [1.807, 2.05) is 13.0 Å². The smallest absolute Gasteiger partial charge is 0.335 e. The lowest BCUT2D eigenvalue weighted by atomic mass is 10.1. The zero-order valence-corrected chi connectivity index (χ0v) is 18.5. The van der Waals surface area contributed by atoms with Crippen LogP contribution in [0.25, 0.3) is 17.4 Å². The van der Waals surface area contributed by atoms with Crippen molar-refractivity contribution in [3.63, 3.8) is 0 Å². The Balaban J connectivity index is 1.72. The summed E-state index contributed by atoms with van der Waals surface area (Å²) in [7, 11) is 0. The Bertz CT molecular complexity index is 1280. The number of furan rings is 1. The van der Waals surface area contributed by atoms with Crippen molar-refractivity contribution in [1.82, 2.24) is 4.90 Å². The molecule has 0 radical (unpaired) electrons. The molecule has 0 aliphatic carbocycles. The van der Waals surface area contributed by atoms with Gasteiger partial charge in [0, 0.05) is 12.1 Å². The molecule has 1 aliphatic heterocycles. The highest BCUT2D eigenvalue weighted by Crippen LogP contribution is 2.28. The lowest BCUT2D eigenvalue weighted by Gasteiger charge is -2.36. The SMILES string of the molecule is CCCN1C(=O)/C(=C/c2ccc(-c3cccc(C(=O)O)c3)o2)C(=O)N(c2ccccc2)C1=S. The van der Waals surface area contributed by atoms with Crippen LogP contribution in [-0.2, 0) is 9.59 Å². The van der Waals surface area contributed by atoms with Gasteiger partial charge in [-0.2, -0.15) is 0 Å². The zero-order valence-electron chi connectivity index (χ0n) is 17.7. The molecule has 0 spiro atoms. The normalized spacial score (nSPS) is 15.4. The summed E-state index contributed by atoms with van der Waals surface area (Å²) in [4.78, 5) is 40.4. The highest BCUT2D eigenvalue weighted by Gasteiger charge is 2.40. The number of anilines is 1. The van der Waals surface area contributed by atoms with Gasteiger partial charge in [0.05, 0.1) is 11.3 Å². The van der Waals surface area contributed by atoms with E-state index in [9.17, 15) is 19.5 Å². The number of thiocarbonyl (C=S) groups is 1. The molecule has 0 unspecified atom stereocenters. The highest BCUT2D eigenvalue weighted by molar-refractivity contribution is 7.80. The summed E-state index contributed by atoms with van der Waals surface area (Å²) in [5.41, 5.74) is 1.20. The van der Waals surface area contributed by atoms with Gasteiger partial charge < -0.3 is 9.52 Å². The molecule has 0 saturated carbocycles. The van der Waals surface area contributed by atoms with Crippen molar-refractivity contribution >= 4 is 46.9 Å². The van der Waals surface area contributed by atoms with Gasteiger partial charge in [0.1, 0.15) is 17.1 Å². The summed E-state index contributed by atoms with van der Waals surface area (Å²) in [5.74, 6) is -1.35. The van der Waals surface area contributed by atoms with Crippen LogP contribution in [0.1, 0.15) is 29.5 Å². The third-order valence-corrected chi connectivity index (χ3v) is 5.50. The van der Waals surface area contributed by atoms with Crippen LogP contribution in [0.15, 0.2) is 76.7 Å². The summed E-state index contributed by atoms with van der Waals surface area (Å²) >= 11 is 5.48. The Morgan fingerprint density at radius 1 is 1.03 bits per heavy atom. The number of hydrogen-bond donors (Lipinski definition) is 1. The number of carbonyl (C=O) groups is 3. The number of para-hydroxylation sites is 1. The summed E-state index contributed by atoms with van der Waals surface area (Å²) in [6, 6.07) is 18.5. The van der Waals surface area contributed by atoms with Gasteiger partial charge in [0.25, 0.3) is 11.8 Å². The first-order valence-electron chi connectivity index (χ1n) is 10.3. The van der Waals surface area contributed by atoms with E-state index in [2.05, 4.69) is 0 Å². The Morgan fingerprint density at radius 2 is 1.79 bits per heavy atom. The van der Waals surface area contributed by atoms with Gasteiger partial charge in [-0.25, -0.2) is 4.79 Å². The van der Waals surface area contributed by atoms with E-state index in [-0.39, 0.29) is 16.2 Å². The molecule has 0 atom stereocenters. The third-order valence-electron chi connectivity index (χ3n) is 5.10. The zero-order chi connectivity index (χ0) is 23.5. The fourth-order valence-corrected chi connectivity index (χ4v) is 3.90. The molecular formula is C25H20N2O5S. The van der Waals surface area contributed by atoms with E-state index in [0.717, 1.165) is 0 Å². The minimum absolute atomic E-state index is 0.0684. The van der Waals surface area contributed by atoms with Gasteiger partial charge in [-0.05, 0) is 61.1 Å². The molecule has 1 aromatic heterocycles. The molecule has 1 N–H and O–H groups in total. The fourth-order valence-electron chi connectivity index (χ4n) is 3.53. The molecule has 0 bridgehead atoms. The van der Waals surface area contributed by atoms with Crippen LogP contribution >= 0.6 is 12.2 Å². The quantitative estimate of drug-likeness (QED) is 0.328. The summed E-state index contributed by atoms with van der Waals surface area (Å²) < 4.78 is 5.82. The number of carbonyl (C=O) groups excluding carboxylic acids is 2. The number of amides is 2. The average molecular weight is 461 g/mol. The van der Waals surface area contributed by atoms with Crippen molar-refractivity contribution < 1.29 is 23.9 Å². The molecular weight excluding hydrogens is 440 g/mol. The van der Waals surface area contributed by atoms with Crippen molar-refractivity contribution in [2.24, 2.45) is 0 Å². The van der Waals surface area contributed by atoms with E-state index in [4.69, 9.17) is 16.6 Å². The summed E-state index contributed by atoms with van der Waals surface area (Å²) in [5, 5.41) is 9.35. The van der Waals surface area contributed by atoms with E-state index < -0.39 is 17.8 Å². The first-order chi connectivity index (χ1) is 15.9. The molecule has 7 nitrogen and oxygen atoms in total. The molecule has 1 aliphatic rings. The lowest BCUT2D eigenvalue weighted by Crippen LogP contribution is -2.56. The van der Waals surface area contributed by atoms with Crippen molar-refractivity contribution in [3.05, 3.63) is 83.6 Å². The van der Waals surface area contributed by atoms with Gasteiger partial charge in [0.2, 0.25) is 0 Å². The largest absolute Gasteiger partial charge is 0.478 e. The van der Waals surface area contributed by atoms with Crippen molar-refractivity contribution in [2.45, 2.75) is 13.3 Å². The molecule has 1 fully saturated rings. The average Bonchev–Trinajstić information content (AvgIpc) is 3.29. The Hall–Kier alpha value is -4.04. The lowest BCUT2D eigenvalue weighted by molar-refractivity contribution is -0.127. The number of rotatable bonds is 6. The van der Waals surface area contributed by atoms with Crippen LogP contribution in [0.4, 0.5) is 5.69 Å². The van der Waals surface area contributed by atoms with Gasteiger partial charge in [0.15, 0.2) is 5.11 Å². The number of aromatic carboxylic acids is 1. The van der Waals surface area contributed by atoms with Gasteiger partial charge in [-0.1, -0.05) is 37.3 Å². The monoisotopic (exact) mass is 460 g/mol. The standard InChI is InChI=1S/C25H20N2O5S/c1-2-13-26-22(28)20(23(29)27(25(26)33)18-9-4-3-5-10-18)15-19-11-12-21(32-19)16-7-6-8-17(14-16)24(30)31/h3-12,14-15H,2,13H2,1H3,(H,30,31)/b20-15-. The molecule has 2 aromatic carbocycles. The minimum atomic E-state index is -1.04. The van der Waals surface area contributed by atoms with E-state index >= 15 is 0 Å². The fraction of sp³-hybridized carbons (Fsp3) is 0.120. The van der Waals surface area contributed by atoms with Crippen LogP contribution in [0.2, 0.25) is 0 Å². The second kappa shape index (κ2) is 9.22. The second-order valence-electron chi connectivity index (χ2n) is 7.36. The van der Waals surface area contributed by atoms with Crippen molar-refractivity contribution in [3.8, 4) is 11.3 Å². The molecule has 4 rings (SSSR count). The number of carboxylic acids is 1.